The zero-order valence-electron chi connectivity index (χ0n) is 17.1. The molecule has 0 aliphatic carbocycles. The summed E-state index contributed by atoms with van der Waals surface area (Å²) < 4.78 is 56.4. The van der Waals surface area contributed by atoms with Crippen LogP contribution in [0.3, 0.4) is 0 Å². The fraction of sp³-hybridized carbons (Fsp3) is 0.524. The molecule has 0 amide bonds. The molecular weight excluding hydrogens is 424 g/mol. The van der Waals surface area contributed by atoms with E-state index < -0.39 is 23.5 Å². The van der Waals surface area contributed by atoms with Gasteiger partial charge in [0.15, 0.2) is 0 Å². The fourth-order valence-electron chi connectivity index (χ4n) is 2.22. The number of benzene rings is 1. The first-order valence-corrected chi connectivity index (χ1v) is 10.5. The van der Waals surface area contributed by atoms with Crippen molar-refractivity contribution in [3.8, 4) is 0 Å². The van der Waals surface area contributed by atoms with Crippen LogP contribution in [0.5, 0.6) is 0 Å². The van der Waals surface area contributed by atoms with Gasteiger partial charge >= 0.3 is 18.1 Å². The largest absolute Gasteiger partial charge is 0.478 e. The van der Waals surface area contributed by atoms with Crippen molar-refractivity contribution in [3.63, 3.8) is 0 Å². The summed E-state index contributed by atoms with van der Waals surface area (Å²) in [6, 6.07) is 2.40. The number of unbranched alkanes of at least 4 members (excludes halogenated alkanes) is 1. The van der Waals surface area contributed by atoms with Gasteiger partial charge in [0.25, 0.3) is 0 Å². The Kier molecular flexibility index (Phi) is 13.9. The number of ether oxygens (including phenoxy) is 1. The van der Waals surface area contributed by atoms with Crippen LogP contribution in [0, 0.1) is 11.7 Å². The molecule has 0 spiro atoms. The van der Waals surface area contributed by atoms with Crippen molar-refractivity contribution >= 4 is 23.7 Å². The zero-order chi connectivity index (χ0) is 23.2. The van der Waals surface area contributed by atoms with Crippen molar-refractivity contribution < 1.29 is 37.0 Å². The highest BCUT2D eigenvalue weighted by molar-refractivity contribution is 7.99. The minimum atomic E-state index is -4.57. The normalized spacial score (nSPS) is 11.8. The van der Waals surface area contributed by atoms with Crippen LogP contribution >= 0.6 is 11.8 Å². The molecule has 4 nitrogen and oxygen atoms in total. The molecule has 0 radical (unpaired) electrons. The number of carbonyl (C=O) groups excluding carboxylic acids is 1. The average Bonchev–Trinajstić information content (AvgIpc) is 2.69. The van der Waals surface area contributed by atoms with Crippen LogP contribution in [-0.4, -0.2) is 29.4 Å². The van der Waals surface area contributed by atoms with Crippen LogP contribution in [0.1, 0.15) is 51.5 Å². The molecule has 1 atom stereocenters. The molecule has 9 heteroatoms. The number of halogens is 4. The van der Waals surface area contributed by atoms with Crippen LogP contribution < -0.4 is 0 Å². The molecule has 0 bridgehead atoms. The standard InChI is InChI=1S/C18H24F4O2S.C3H4O2/c1-3-5-6-13(4-2)12-24-17(23)9-10-25-16-8-7-14(11-15(16)19)18(20,21)22;1-2-3(4)5/h7-8,11,13H,3-6,9-10,12H2,1-2H3;2H,1H2,(H,4,5). The second-order valence-electron chi connectivity index (χ2n) is 6.38. The summed E-state index contributed by atoms with van der Waals surface area (Å²) in [5.74, 6) is -1.67. The Morgan fingerprint density at radius 3 is 2.40 bits per heavy atom. The maximum atomic E-state index is 13.7. The number of carboxylic acid groups (broad SMARTS) is 1. The summed E-state index contributed by atoms with van der Waals surface area (Å²) in [6.07, 6.45) is 0.514. The predicted molar refractivity (Wildman–Crippen MR) is 109 cm³/mol. The van der Waals surface area contributed by atoms with Gasteiger partial charge < -0.3 is 9.84 Å². The molecule has 30 heavy (non-hydrogen) atoms. The van der Waals surface area contributed by atoms with E-state index in [1.807, 2.05) is 0 Å². The monoisotopic (exact) mass is 452 g/mol. The first-order valence-electron chi connectivity index (χ1n) is 9.55. The van der Waals surface area contributed by atoms with E-state index in [0.717, 1.165) is 55.7 Å². The topological polar surface area (TPSA) is 63.6 Å². The fourth-order valence-corrected chi connectivity index (χ4v) is 3.07. The highest BCUT2D eigenvalue weighted by Gasteiger charge is 2.31. The minimum Gasteiger partial charge on any atom is -0.478 e. The summed E-state index contributed by atoms with van der Waals surface area (Å²) in [5, 5.41) is 7.60. The van der Waals surface area contributed by atoms with E-state index in [9.17, 15) is 27.2 Å². The van der Waals surface area contributed by atoms with E-state index in [1.165, 1.54) is 0 Å². The number of rotatable bonds is 11. The van der Waals surface area contributed by atoms with Gasteiger partial charge in [-0.15, -0.1) is 11.8 Å². The van der Waals surface area contributed by atoms with Crippen LogP contribution in [-0.2, 0) is 20.5 Å². The van der Waals surface area contributed by atoms with Crippen molar-refractivity contribution in [3.05, 3.63) is 42.2 Å². The summed E-state index contributed by atoms with van der Waals surface area (Å²) in [6.45, 7) is 7.50. The molecule has 0 saturated heterocycles. The van der Waals surface area contributed by atoms with Gasteiger partial charge in [-0.3, -0.25) is 4.79 Å². The molecule has 0 aromatic heterocycles. The summed E-state index contributed by atoms with van der Waals surface area (Å²) in [5.41, 5.74) is -1.02. The number of thioether (sulfide) groups is 1. The van der Waals surface area contributed by atoms with E-state index in [-0.39, 0.29) is 23.0 Å². The molecule has 1 N–H and O–H groups in total. The molecule has 1 aromatic carbocycles. The number of alkyl halides is 3. The predicted octanol–water partition coefficient (Wildman–Crippen LogP) is 6.34. The van der Waals surface area contributed by atoms with Gasteiger partial charge in [-0.05, 0) is 30.5 Å². The van der Waals surface area contributed by atoms with E-state index in [1.54, 1.807) is 0 Å². The van der Waals surface area contributed by atoms with Gasteiger partial charge in [-0.1, -0.05) is 39.7 Å². The lowest BCUT2D eigenvalue weighted by Gasteiger charge is -2.14. The number of hydrogen-bond acceptors (Lipinski definition) is 4. The van der Waals surface area contributed by atoms with Gasteiger partial charge in [-0.25, -0.2) is 9.18 Å². The lowest BCUT2D eigenvalue weighted by molar-refractivity contribution is -0.144. The van der Waals surface area contributed by atoms with Gasteiger partial charge in [0.05, 0.1) is 18.6 Å². The summed E-state index contributed by atoms with van der Waals surface area (Å²) >= 11 is 1.01. The Morgan fingerprint density at radius 1 is 1.30 bits per heavy atom. The zero-order valence-corrected chi connectivity index (χ0v) is 18.0. The smallest absolute Gasteiger partial charge is 0.416 e. The Morgan fingerprint density at radius 2 is 1.93 bits per heavy atom. The third-order valence-corrected chi connectivity index (χ3v) is 5.07. The number of esters is 1. The number of aliphatic carboxylic acids is 1. The van der Waals surface area contributed by atoms with Crippen molar-refractivity contribution in [2.75, 3.05) is 12.4 Å². The third kappa shape index (κ3) is 12.5. The average molecular weight is 453 g/mol. The lowest BCUT2D eigenvalue weighted by atomic mass is 10.0. The van der Waals surface area contributed by atoms with Gasteiger partial charge in [-0.2, -0.15) is 13.2 Å². The van der Waals surface area contributed by atoms with Crippen LogP contribution in [0.15, 0.2) is 35.7 Å². The minimum absolute atomic E-state index is 0.0926. The van der Waals surface area contributed by atoms with Crippen molar-refractivity contribution in [1.82, 2.24) is 0 Å². The van der Waals surface area contributed by atoms with Crippen LogP contribution in [0.4, 0.5) is 17.6 Å². The van der Waals surface area contributed by atoms with Crippen LogP contribution in [0.25, 0.3) is 0 Å². The molecule has 1 aromatic rings. The quantitative estimate of drug-likeness (QED) is 0.184. The lowest BCUT2D eigenvalue weighted by Crippen LogP contribution is -2.14. The first kappa shape index (κ1) is 28.0. The molecular formula is C21H28F4O4S. The highest BCUT2D eigenvalue weighted by atomic mass is 32.2. The van der Waals surface area contributed by atoms with Crippen molar-refractivity contribution in [1.29, 1.82) is 0 Å². The van der Waals surface area contributed by atoms with E-state index in [4.69, 9.17) is 9.84 Å². The first-order chi connectivity index (χ1) is 14.0. The second-order valence-corrected chi connectivity index (χ2v) is 7.52. The molecule has 0 fully saturated rings. The number of carboxylic acids is 1. The van der Waals surface area contributed by atoms with E-state index in [0.29, 0.717) is 18.6 Å². The van der Waals surface area contributed by atoms with Crippen molar-refractivity contribution in [2.45, 2.75) is 57.0 Å². The van der Waals surface area contributed by atoms with Gasteiger partial charge in [0.1, 0.15) is 5.82 Å². The van der Waals surface area contributed by atoms with Crippen LogP contribution in [0.2, 0.25) is 0 Å². The van der Waals surface area contributed by atoms with E-state index >= 15 is 0 Å². The second kappa shape index (κ2) is 14.9. The molecule has 1 unspecified atom stereocenters. The Balaban J connectivity index is 0.00000150. The number of carbonyl (C=O) groups is 2. The SMILES string of the molecule is C=CC(=O)O.CCCCC(CC)COC(=O)CCSc1ccc(C(F)(F)F)cc1F. The number of hydrogen-bond donors (Lipinski definition) is 1. The molecule has 0 aliphatic rings. The Bertz CT molecular complexity index is 677. The van der Waals surface area contributed by atoms with Gasteiger partial charge in [0.2, 0.25) is 0 Å². The van der Waals surface area contributed by atoms with E-state index in [2.05, 4.69) is 20.4 Å². The maximum absolute atomic E-state index is 13.7. The van der Waals surface area contributed by atoms with Gasteiger partial charge in [0, 0.05) is 16.7 Å². The molecule has 0 saturated carbocycles. The molecule has 0 aliphatic heterocycles. The molecule has 0 heterocycles. The maximum Gasteiger partial charge on any atom is 0.416 e. The Labute approximate surface area is 178 Å². The summed E-state index contributed by atoms with van der Waals surface area (Å²) in [7, 11) is 0. The highest BCUT2D eigenvalue weighted by Crippen LogP contribution is 2.32. The molecule has 170 valence electrons. The Hall–Kier alpha value is -2.03. The van der Waals surface area contributed by atoms with Crippen molar-refractivity contribution in [2.24, 2.45) is 5.92 Å². The molecule has 1 rings (SSSR count). The third-order valence-electron chi connectivity index (χ3n) is 4.02. The summed E-state index contributed by atoms with van der Waals surface area (Å²) in [4.78, 5) is 21.1.